The van der Waals surface area contributed by atoms with Crippen LogP contribution in [0.5, 0.6) is 5.75 Å². The minimum atomic E-state index is 0.112. The Morgan fingerprint density at radius 3 is 2.53 bits per heavy atom. The van der Waals surface area contributed by atoms with Crippen molar-refractivity contribution in [2.45, 2.75) is 36.8 Å². The molecule has 19 heavy (non-hydrogen) atoms. The Morgan fingerprint density at radius 1 is 1.21 bits per heavy atom. The van der Waals surface area contributed by atoms with Gasteiger partial charge in [-0.15, -0.1) is 0 Å². The van der Waals surface area contributed by atoms with Crippen molar-refractivity contribution in [3.05, 3.63) is 29.8 Å². The first-order chi connectivity index (χ1) is 9.24. The molecule has 0 N–H and O–H groups in total. The summed E-state index contributed by atoms with van der Waals surface area (Å²) in [6, 6.07) is 8.29. The quantitative estimate of drug-likeness (QED) is 0.568. The van der Waals surface area contributed by atoms with Gasteiger partial charge in [0.05, 0.1) is 13.2 Å². The third-order valence-corrected chi connectivity index (χ3v) is 4.29. The zero-order valence-electron chi connectivity index (χ0n) is 11.5. The van der Waals surface area contributed by atoms with E-state index >= 15 is 0 Å². The zero-order chi connectivity index (χ0) is 13.7. The van der Waals surface area contributed by atoms with Gasteiger partial charge in [-0.1, -0.05) is 35.0 Å². The smallest absolute Gasteiger partial charge is 0.127 e. The number of benzene rings is 1. The van der Waals surface area contributed by atoms with Gasteiger partial charge < -0.3 is 14.2 Å². The summed E-state index contributed by atoms with van der Waals surface area (Å²) in [4.78, 5) is 0.379. The molecule has 1 aliphatic rings. The maximum Gasteiger partial charge on any atom is 0.127 e. The Kier molecular flexibility index (Phi) is 5.67. The minimum Gasteiger partial charge on any atom is -0.488 e. The highest BCUT2D eigenvalue weighted by Crippen LogP contribution is 2.34. The van der Waals surface area contributed by atoms with E-state index in [-0.39, 0.29) is 12.2 Å². The molecular weight excluding hydrogens is 308 g/mol. The molecular formula is C15H21BrO3. The van der Waals surface area contributed by atoms with Gasteiger partial charge in [0, 0.05) is 18.4 Å². The molecule has 0 radical (unpaired) electrons. The van der Waals surface area contributed by atoms with Crippen molar-refractivity contribution in [1.82, 2.24) is 0 Å². The summed E-state index contributed by atoms with van der Waals surface area (Å²) in [6.07, 6.45) is 2.28. The topological polar surface area (TPSA) is 27.7 Å². The first kappa shape index (κ1) is 14.8. The Labute approximate surface area is 123 Å². The third kappa shape index (κ3) is 3.94. The highest BCUT2D eigenvalue weighted by atomic mass is 79.9. The third-order valence-electron chi connectivity index (χ3n) is 3.40. The monoisotopic (exact) mass is 328 g/mol. The molecule has 0 saturated heterocycles. The molecule has 3 atom stereocenters. The van der Waals surface area contributed by atoms with E-state index in [9.17, 15) is 0 Å². The van der Waals surface area contributed by atoms with E-state index < -0.39 is 0 Å². The lowest BCUT2D eigenvalue weighted by Crippen LogP contribution is -2.52. The number of halogens is 1. The van der Waals surface area contributed by atoms with Gasteiger partial charge in [-0.25, -0.2) is 0 Å². The molecule has 0 spiro atoms. The molecule has 0 aliphatic heterocycles. The Balaban J connectivity index is 1.84. The number of aryl methyl sites for hydroxylation is 1. The first-order valence-electron chi connectivity index (χ1n) is 6.74. The van der Waals surface area contributed by atoms with Crippen LogP contribution < -0.4 is 4.74 Å². The number of alkyl halides is 1. The summed E-state index contributed by atoms with van der Waals surface area (Å²) in [5, 5.41) is 0. The predicted octanol–water partition coefficient (Wildman–Crippen LogP) is 3.20. The summed E-state index contributed by atoms with van der Waals surface area (Å²) < 4.78 is 16.7. The normalized spacial score (nSPS) is 25.9. The lowest BCUT2D eigenvalue weighted by atomic mass is 9.91. The fourth-order valence-corrected chi connectivity index (χ4v) is 2.96. The average molecular weight is 329 g/mol. The lowest BCUT2D eigenvalue weighted by Gasteiger charge is -2.40. The van der Waals surface area contributed by atoms with E-state index in [2.05, 4.69) is 35.0 Å². The first-order valence-corrected chi connectivity index (χ1v) is 7.66. The molecule has 0 bridgehead atoms. The van der Waals surface area contributed by atoms with Crippen molar-refractivity contribution >= 4 is 15.9 Å². The van der Waals surface area contributed by atoms with E-state index in [4.69, 9.17) is 14.2 Å². The molecule has 1 aromatic carbocycles. The van der Waals surface area contributed by atoms with Gasteiger partial charge in [0.2, 0.25) is 0 Å². The van der Waals surface area contributed by atoms with E-state index in [1.54, 1.807) is 7.11 Å². The van der Waals surface area contributed by atoms with Crippen molar-refractivity contribution < 1.29 is 14.2 Å². The van der Waals surface area contributed by atoms with Crippen LogP contribution in [-0.2, 0) is 15.9 Å². The van der Waals surface area contributed by atoms with E-state index in [0.717, 1.165) is 18.6 Å². The Morgan fingerprint density at radius 2 is 1.95 bits per heavy atom. The summed E-state index contributed by atoms with van der Waals surface area (Å²) in [6.45, 7) is 3.38. The molecule has 1 aromatic rings. The van der Waals surface area contributed by atoms with Gasteiger partial charge in [-0.2, -0.15) is 0 Å². The highest BCUT2D eigenvalue weighted by Gasteiger charge is 2.42. The van der Waals surface area contributed by atoms with Gasteiger partial charge >= 0.3 is 0 Å². The van der Waals surface area contributed by atoms with Crippen molar-refractivity contribution in [3.8, 4) is 5.75 Å². The van der Waals surface area contributed by atoms with Gasteiger partial charge in [0.25, 0.3) is 0 Å². The van der Waals surface area contributed by atoms with Crippen LogP contribution in [0.15, 0.2) is 24.3 Å². The standard InChI is InChI=1S/C15H21BrO3/c1-3-11-4-6-12(7-5-11)19-14-10-13(16)15(14)18-9-8-17-2/h4-7,13-15H,3,8-10H2,1-2H3. The van der Waals surface area contributed by atoms with E-state index in [1.165, 1.54) is 5.56 Å². The van der Waals surface area contributed by atoms with Crippen LogP contribution >= 0.6 is 15.9 Å². The number of rotatable bonds is 7. The molecule has 1 fully saturated rings. The van der Waals surface area contributed by atoms with Crippen molar-refractivity contribution in [1.29, 1.82) is 0 Å². The maximum absolute atomic E-state index is 5.97. The molecule has 1 aliphatic carbocycles. The Bertz CT molecular complexity index is 379. The fraction of sp³-hybridized carbons (Fsp3) is 0.600. The largest absolute Gasteiger partial charge is 0.488 e. The van der Waals surface area contributed by atoms with Crippen LogP contribution in [0.2, 0.25) is 0 Å². The van der Waals surface area contributed by atoms with Crippen LogP contribution in [0.25, 0.3) is 0 Å². The van der Waals surface area contributed by atoms with Crippen molar-refractivity contribution in [3.63, 3.8) is 0 Å². The highest BCUT2D eigenvalue weighted by molar-refractivity contribution is 9.09. The SMILES string of the molecule is CCc1ccc(OC2CC(Br)C2OCCOC)cc1. The number of ether oxygens (including phenoxy) is 3. The molecule has 3 nitrogen and oxygen atoms in total. The van der Waals surface area contributed by atoms with Gasteiger partial charge in [-0.05, 0) is 24.1 Å². The van der Waals surface area contributed by atoms with Crippen LogP contribution in [0, 0.1) is 0 Å². The summed E-state index contributed by atoms with van der Waals surface area (Å²) in [5.41, 5.74) is 1.33. The van der Waals surface area contributed by atoms with Crippen LogP contribution in [0.1, 0.15) is 18.9 Å². The van der Waals surface area contributed by atoms with Crippen molar-refractivity contribution in [2.75, 3.05) is 20.3 Å². The minimum absolute atomic E-state index is 0.112. The van der Waals surface area contributed by atoms with Crippen molar-refractivity contribution in [2.24, 2.45) is 0 Å². The second-order valence-corrected chi connectivity index (χ2v) is 5.91. The molecule has 2 rings (SSSR count). The summed E-state index contributed by atoms with van der Waals surface area (Å²) in [7, 11) is 1.68. The number of methoxy groups -OCH3 is 1. The molecule has 0 aromatic heterocycles. The number of hydrogen-bond acceptors (Lipinski definition) is 3. The van der Waals surface area contributed by atoms with Gasteiger partial charge in [-0.3, -0.25) is 0 Å². The van der Waals surface area contributed by atoms with E-state index in [1.807, 2.05) is 12.1 Å². The molecule has 3 unspecified atom stereocenters. The molecule has 0 heterocycles. The predicted molar refractivity (Wildman–Crippen MR) is 79.2 cm³/mol. The second kappa shape index (κ2) is 7.27. The molecule has 4 heteroatoms. The molecule has 0 amide bonds. The van der Waals surface area contributed by atoms with Gasteiger partial charge in [0.1, 0.15) is 18.0 Å². The number of hydrogen-bond donors (Lipinski definition) is 0. The zero-order valence-corrected chi connectivity index (χ0v) is 13.1. The fourth-order valence-electron chi connectivity index (χ4n) is 2.10. The van der Waals surface area contributed by atoms with Crippen LogP contribution in [-0.4, -0.2) is 37.4 Å². The van der Waals surface area contributed by atoms with Gasteiger partial charge in [0.15, 0.2) is 0 Å². The second-order valence-electron chi connectivity index (χ2n) is 4.73. The van der Waals surface area contributed by atoms with Crippen LogP contribution in [0.3, 0.4) is 0 Å². The lowest BCUT2D eigenvalue weighted by molar-refractivity contribution is -0.0865. The summed E-state index contributed by atoms with van der Waals surface area (Å²) >= 11 is 3.61. The average Bonchev–Trinajstić information content (AvgIpc) is 2.44. The molecule has 1 saturated carbocycles. The molecule has 106 valence electrons. The van der Waals surface area contributed by atoms with Crippen LogP contribution in [0.4, 0.5) is 0 Å². The summed E-state index contributed by atoms with van der Waals surface area (Å²) in [5.74, 6) is 0.918. The maximum atomic E-state index is 5.97. The Hall–Kier alpha value is -0.580. The van der Waals surface area contributed by atoms with E-state index in [0.29, 0.717) is 18.0 Å².